The van der Waals surface area contributed by atoms with Crippen LogP contribution in [0.5, 0.6) is 0 Å². The van der Waals surface area contributed by atoms with Crippen LogP contribution in [0.15, 0.2) is 28.8 Å². The Bertz CT molecular complexity index is 655. The zero-order chi connectivity index (χ0) is 16.7. The van der Waals surface area contributed by atoms with Gasteiger partial charge in [0.25, 0.3) is 0 Å². The zero-order valence-corrected chi connectivity index (χ0v) is 14.2. The number of hydrogen-bond donors (Lipinski definition) is 2. The van der Waals surface area contributed by atoms with Gasteiger partial charge in [0.2, 0.25) is 0 Å². The van der Waals surface area contributed by atoms with Gasteiger partial charge in [0.05, 0.1) is 5.69 Å². The second-order valence-corrected chi connectivity index (χ2v) is 5.80. The van der Waals surface area contributed by atoms with Gasteiger partial charge < -0.3 is 15.2 Å². The normalized spacial score (nSPS) is 10.6. The molecule has 0 saturated carbocycles. The summed E-state index contributed by atoms with van der Waals surface area (Å²) in [6, 6.07) is 7.80. The number of amides is 2. The first kappa shape index (κ1) is 17.3. The van der Waals surface area contributed by atoms with E-state index in [4.69, 9.17) is 16.1 Å². The summed E-state index contributed by atoms with van der Waals surface area (Å²) in [5.41, 5.74) is 3.17. The number of nitrogens with one attached hydrogen (secondary N) is 2. The second kappa shape index (κ2) is 8.58. The van der Waals surface area contributed by atoms with Crippen molar-refractivity contribution in [2.75, 3.05) is 13.1 Å². The minimum atomic E-state index is -0.136. The number of halogens is 1. The molecule has 1 aromatic heterocycles. The fraction of sp³-hybridized carbons (Fsp3) is 0.412. The average Bonchev–Trinajstić information content (AvgIpc) is 2.93. The van der Waals surface area contributed by atoms with Crippen LogP contribution in [0.1, 0.15) is 29.5 Å². The van der Waals surface area contributed by atoms with Gasteiger partial charge in [-0.1, -0.05) is 28.9 Å². The lowest BCUT2D eigenvalue weighted by Crippen LogP contribution is -2.36. The molecule has 0 aliphatic carbocycles. The highest BCUT2D eigenvalue weighted by atomic mass is 35.5. The molecule has 0 fully saturated rings. The minimum Gasteiger partial charge on any atom is -0.361 e. The Balaban J connectivity index is 1.89. The number of rotatable bonds is 7. The van der Waals surface area contributed by atoms with E-state index in [0.717, 1.165) is 46.9 Å². The predicted octanol–water partition coefficient (Wildman–Crippen LogP) is 3.28. The van der Waals surface area contributed by atoms with E-state index in [1.165, 1.54) is 0 Å². The highest BCUT2D eigenvalue weighted by Gasteiger charge is 2.06. The molecule has 2 rings (SSSR count). The largest absolute Gasteiger partial charge is 0.361 e. The van der Waals surface area contributed by atoms with Gasteiger partial charge in [0.1, 0.15) is 5.76 Å². The summed E-state index contributed by atoms with van der Waals surface area (Å²) < 4.78 is 5.07. The molecular weight excluding hydrogens is 314 g/mol. The van der Waals surface area contributed by atoms with Crippen LogP contribution in [0.4, 0.5) is 4.79 Å². The van der Waals surface area contributed by atoms with Gasteiger partial charge in [-0.15, -0.1) is 0 Å². The SMILES string of the molecule is CCNC(=O)NCCc1ccc(Cl)c(CCc2cc(C)on2)c1. The lowest BCUT2D eigenvalue weighted by atomic mass is 10.0. The van der Waals surface area contributed by atoms with Crippen LogP contribution in [0, 0.1) is 6.92 Å². The van der Waals surface area contributed by atoms with Crippen LogP contribution in [0.2, 0.25) is 5.02 Å². The summed E-state index contributed by atoms with van der Waals surface area (Å²) >= 11 is 6.27. The Kier molecular flexibility index (Phi) is 6.47. The summed E-state index contributed by atoms with van der Waals surface area (Å²) in [4.78, 5) is 11.4. The van der Waals surface area contributed by atoms with Crippen molar-refractivity contribution in [1.29, 1.82) is 0 Å². The molecule has 0 aliphatic rings. The smallest absolute Gasteiger partial charge is 0.314 e. The van der Waals surface area contributed by atoms with Crippen LogP contribution >= 0.6 is 11.6 Å². The molecule has 2 aromatic rings. The molecule has 0 radical (unpaired) electrons. The molecule has 6 heteroatoms. The van der Waals surface area contributed by atoms with E-state index in [9.17, 15) is 4.79 Å². The van der Waals surface area contributed by atoms with Crippen molar-refractivity contribution in [3.8, 4) is 0 Å². The van der Waals surface area contributed by atoms with Gasteiger partial charge in [-0.2, -0.15) is 0 Å². The third-order valence-corrected chi connectivity index (χ3v) is 3.84. The Labute approximate surface area is 141 Å². The summed E-state index contributed by atoms with van der Waals surface area (Å²) in [7, 11) is 0. The Morgan fingerprint density at radius 1 is 1.22 bits per heavy atom. The van der Waals surface area contributed by atoms with E-state index in [1.807, 2.05) is 32.0 Å². The third kappa shape index (κ3) is 5.60. The van der Waals surface area contributed by atoms with Crippen LogP contribution in [0.3, 0.4) is 0 Å². The number of aryl methyl sites for hydroxylation is 3. The molecule has 0 atom stereocenters. The molecule has 5 nitrogen and oxygen atoms in total. The van der Waals surface area contributed by atoms with Crippen LogP contribution in [-0.4, -0.2) is 24.3 Å². The predicted molar refractivity (Wildman–Crippen MR) is 90.9 cm³/mol. The maximum Gasteiger partial charge on any atom is 0.314 e. The first-order valence-electron chi connectivity index (χ1n) is 7.79. The van der Waals surface area contributed by atoms with Gasteiger partial charge in [-0.05, 0) is 50.3 Å². The van der Waals surface area contributed by atoms with E-state index < -0.39 is 0 Å². The Morgan fingerprint density at radius 2 is 2.04 bits per heavy atom. The lowest BCUT2D eigenvalue weighted by Gasteiger charge is -2.09. The van der Waals surface area contributed by atoms with Gasteiger partial charge in [-0.3, -0.25) is 0 Å². The topological polar surface area (TPSA) is 67.2 Å². The molecular formula is C17H22ClN3O2. The van der Waals surface area contributed by atoms with Crippen molar-refractivity contribution in [2.45, 2.75) is 33.1 Å². The Morgan fingerprint density at radius 3 is 2.74 bits per heavy atom. The van der Waals surface area contributed by atoms with E-state index in [2.05, 4.69) is 21.9 Å². The molecule has 2 amide bonds. The summed E-state index contributed by atoms with van der Waals surface area (Å²) in [6.45, 7) is 4.99. The molecule has 0 bridgehead atoms. The first-order valence-corrected chi connectivity index (χ1v) is 8.17. The number of carbonyl (C=O) groups is 1. The molecule has 2 N–H and O–H groups in total. The maximum absolute atomic E-state index is 11.4. The van der Waals surface area contributed by atoms with Crippen LogP contribution in [0.25, 0.3) is 0 Å². The van der Waals surface area contributed by atoms with Crippen molar-refractivity contribution in [3.63, 3.8) is 0 Å². The van der Waals surface area contributed by atoms with E-state index in [-0.39, 0.29) is 6.03 Å². The third-order valence-electron chi connectivity index (χ3n) is 3.47. The molecule has 124 valence electrons. The first-order chi connectivity index (χ1) is 11.1. The average molecular weight is 336 g/mol. The number of benzene rings is 1. The van der Waals surface area contributed by atoms with Crippen molar-refractivity contribution in [3.05, 3.63) is 51.9 Å². The molecule has 0 aliphatic heterocycles. The van der Waals surface area contributed by atoms with Crippen LogP contribution in [-0.2, 0) is 19.3 Å². The van der Waals surface area contributed by atoms with Gasteiger partial charge in [0.15, 0.2) is 0 Å². The van der Waals surface area contributed by atoms with Crippen molar-refractivity contribution in [1.82, 2.24) is 15.8 Å². The molecule has 0 spiro atoms. The number of nitrogens with zero attached hydrogens (tertiary/aromatic N) is 1. The summed E-state index contributed by atoms with van der Waals surface area (Å²) in [5, 5.41) is 10.3. The molecule has 23 heavy (non-hydrogen) atoms. The molecule has 0 saturated heterocycles. The van der Waals surface area contributed by atoms with Gasteiger partial charge in [-0.25, -0.2) is 4.79 Å². The standard InChI is InChI=1S/C17H22ClN3O2/c1-3-19-17(22)20-9-8-13-4-7-16(18)14(11-13)5-6-15-10-12(2)23-21-15/h4,7,10-11H,3,5-6,8-9H2,1-2H3,(H2,19,20,22). The molecule has 1 heterocycles. The number of hydrogen-bond acceptors (Lipinski definition) is 3. The van der Waals surface area contributed by atoms with Gasteiger partial charge in [0, 0.05) is 24.2 Å². The van der Waals surface area contributed by atoms with E-state index in [1.54, 1.807) is 0 Å². The maximum atomic E-state index is 11.4. The van der Waals surface area contributed by atoms with Gasteiger partial charge >= 0.3 is 6.03 Å². The fourth-order valence-corrected chi connectivity index (χ4v) is 2.53. The fourth-order valence-electron chi connectivity index (χ4n) is 2.32. The Hall–Kier alpha value is -2.01. The monoisotopic (exact) mass is 335 g/mol. The molecule has 0 unspecified atom stereocenters. The lowest BCUT2D eigenvalue weighted by molar-refractivity contribution is 0.241. The van der Waals surface area contributed by atoms with E-state index in [0.29, 0.717) is 13.1 Å². The summed E-state index contributed by atoms with van der Waals surface area (Å²) in [6.07, 6.45) is 2.37. The van der Waals surface area contributed by atoms with Crippen molar-refractivity contribution in [2.24, 2.45) is 0 Å². The zero-order valence-electron chi connectivity index (χ0n) is 13.5. The van der Waals surface area contributed by atoms with Crippen LogP contribution < -0.4 is 10.6 Å². The minimum absolute atomic E-state index is 0.136. The number of aromatic nitrogens is 1. The highest BCUT2D eigenvalue weighted by molar-refractivity contribution is 6.31. The van der Waals surface area contributed by atoms with Crippen molar-refractivity contribution >= 4 is 17.6 Å². The summed E-state index contributed by atoms with van der Waals surface area (Å²) in [5.74, 6) is 0.816. The number of urea groups is 1. The number of carbonyl (C=O) groups excluding carboxylic acids is 1. The quantitative estimate of drug-likeness (QED) is 0.816. The van der Waals surface area contributed by atoms with E-state index >= 15 is 0 Å². The molecule has 1 aromatic carbocycles. The van der Waals surface area contributed by atoms with Crippen molar-refractivity contribution < 1.29 is 9.32 Å². The highest BCUT2D eigenvalue weighted by Crippen LogP contribution is 2.20. The second-order valence-electron chi connectivity index (χ2n) is 5.39.